The Labute approximate surface area is 592 Å². The van der Waals surface area contributed by atoms with Crippen molar-refractivity contribution in [3.05, 3.63) is 146 Å². The summed E-state index contributed by atoms with van der Waals surface area (Å²) in [5.74, 6) is -5.22. The molecule has 0 aliphatic carbocycles. The third-order valence-corrected chi connectivity index (χ3v) is 18.6. The van der Waals surface area contributed by atoms with Gasteiger partial charge in [0.25, 0.3) is 17.8 Å². The molecule has 0 atom stereocenters. The van der Waals surface area contributed by atoms with Crippen molar-refractivity contribution in [2.45, 2.75) is 110 Å². The second-order valence-corrected chi connectivity index (χ2v) is 25.9. The summed E-state index contributed by atoms with van der Waals surface area (Å²) in [6, 6.07) is 17.9. The van der Waals surface area contributed by atoms with Crippen molar-refractivity contribution < 1.29 is 71.4 Å². The molecule has 0 radical (unpaired) electrons. The van der Waals surface area contributed by atoms with Gasteiger partial charge >= 0.3 is 36.7 Å². The number of aryl methyl sites for hydroxylation is 3. The summed E-state index contributed by atoms with van der Waals surface area (Å²) in [5.41, 5.74) is 6.75. The van der Waals surface area contributed by atoms with Crippen LogP contribution < -0.4 is 40.3 Å². The number of hydrogen-bond acceptors (Lipinski definition) is 20. The minimum atomic E-state index is -2.60. The molecule has 3 fully saturated rings. The average molecular weight is 1470 g/mol. The molecule has 14 heterocycles. The maximum Gasteiger partial charge on any atom is 1.00 e. The van der Waals surface area contributed by atoms with Gasteiger partial charge in [0.1, 0.15) is 44.3 Å². The molecule has 94 heavy (non-hydrogen) atoms. The summed E-state index contributed by atoms with van der Waals surface area (Å²) in [6.45, 7) is 8.30. The number of aromatic nitrogens is 14. The fourth-order valence-electron chi connectivity index (χ4n) is 10.1. The fraction of sp³-hybridized carbons (Fsp3) is 0.383. The zero-order valence-corrected chi connectivity index (χ0v) is 57.7. The summed E-state index contributed by atoms with van der Waals surface area (Å²) >= 11 is 19.9. The summed E-state index contributed by atoms with van der Waals surface area (Å²) in [6.07, 6.45) is 13.5. The van der Waals surface area contributed by atoms with E-state index in [0.29, 0.717) is 72.0 Å². The van der Waals surface area contributed by atoms with Gasteiger partial charge in [-0.25, -0.2) is 71.2 Å². The Bertz CT molecular complexity index is 4190. The molecule has 0 saturated carbocycles. The van der Waals surface area contributed by atoms with Gasteiger partial charge < -0.3 is 20.8 Å². The Hall–Kier alpha value is -5.49. The van der Waals surface area contributed by atoms with Crippen LogP contribution in [0.2, 0.25) is 10.3 Å². The maximum atomic E-state index is 13.7. The number of likely N-dealkylation sites (tertiary alicyclic amines) is 2. The zero-order valence-electron chi connectivity index (χ0n) is 50.1. The molecule has 0 amide bonds. The van der Waals surface area contributed by atoms with Crippen molar-refractivity contribution >= 4 is 119 Å². The van der Waals surface area contributed by atoms with E-state index in [1.54, 1.807) is 70.2 Å². The van der Waals surface area contributed by atoms with Crippen LogP contribution in [0, 0.1) is 20.8 Å². The molecule has 11 aromatic heterocycles. The molecule has 14 rings (SSSR count). The van der Waals surface area contributed by atoms with Crippen LogP contribution in [0.1, 0.15) is 85.5 Å². The van der Waals surface area contributed by atoms with Gasteiger partial charge in [0, 0.05) is 101 Å². The van der Waals surface area contributed by atoms with Crippen LogP contribution in [0.25, 0.3) is 60.1 Å². The van der Waals surface area contributed by atoms with Gasteiger partial charge in [-0.05, 0) is 126 Å². The van der Waals surface area contributed by atoms with Crippen molar-refractivity contribution in [1.82, 2.24) is 83.6 Å². The molecule has 3 aliphatic rings. The SMILES string of the molecule is C.C.Cc1nc2ccc(-c3ccncc3)nc2n1-c1ncc(CN2CCCC(F)(F)C2)s1.Cc1nc2ccc(Cl)nc2n1-c1ncc(CBr)s1.Cc1nc2ccc(Cl)nc2n1-c1ncc(CN2CCCC(F)(F)C2)s1.FC1(F)CCCNC1.OB(O)c1ccncc1.[Na+].[OH-]. The first-order chi connectivity index (χ1) is 43.1. The van der Waals surface area contributed by atoms with E-state index in [1.165, 1.54) is 35.1 Å². The van der Waals surface area contributed by atoms with Gasteiger partial charge in [0.15, 0.2) is 32.3 Å². The molecular weight excluding hydrogens is 1400 g/mol. The number of nitrogens with zero attached hydrogens (tertiary/aromatic N) is 16. The van der Waals surface area contributed by atoms with Crippen molar-refractivity contribution in [3.63, 3.8) is 0 Å². The molecule has 0 spiro atoms. The second-order valence-electron chi connectivity index (χ2n) is 21.3. The number of fused-ring (bicyclic) bond motifs is 3. The molecule has 496 valence electrons. The molecule has 0 unspecified atom stereocenters. The molecular formula is C60H68BBrCl2F6N17NaO3S3. The summed E-state index contributed by atoms with van der Waals surface area (Å²) in [7, 11) is -1.38. The van der Waals surface area contributed by atoms with E-state index >= 15 is 0 Å². The average Bonchev–Trinajstić information content (AvgIpc) is 1.64. The van der Waals surface area contributed by atoms with Gasteiger partial charge in [0.2, 0.25) is 0 Å². The monoisotopic (exact) mass is 1470 g/mol. The van der Waals surface area contributed by atoms with E-state index in [4.69, 9.17) is 38.2 Å². The third-order valence-electron chi connectivity index (χ3n) is 14.2. The van der Waals surface area contributed by atoms with E-state index in [-0.39, 0.29) is 88.8 Å². The Kier molecular flexibility index (Phi) is 28.6. The van der Waals surface area contributed by atoms with Crippen LogP contribution in [0.3, 0.4) is 0 Å². The Morgan fingerprint density at radius 2 is 0.957 bits per heavy atom. The van der Waals surface area contributed by atoms with Gasteiger partial charge in [-0.3, -0.25) is 33.5 Å². The molecule has 3 saturated heterocycles. The molecule has 0 aromatic carbocycles. The number of nitrogens with one attached hydrogen (secondary N) is 1. The van der Waals surface area contributed by atoms with Gasteiger partial charge in [-0.2, -0.15) is 0 Å². The topological polar surface area (TPSA) is 246 Å². The van der Waals surface area contributed by atoms with E-state index < -0.39 is 24.9 Å². The van der Waals surface area contributed by atoms with Crippen molar-refractivity contribution in [2.75, 3.05) is 39.3 Å². The second kappa shape index (κ2) is 34.6. The number of pyridine rings is 5. The number of alkyl halides is 7. The van der Waals surface area contributed by atoms with Crippen LogP contribution in [0.15, 0.2) is 104 Å². The van der Waals surface area contributed by atoms with Gasteiger partial charge in [-0.1, -0.05) is 76.7 Å². The van der Waals surface area contributed by atoms with Crippen LogP contribution in [0.5, 0.6) is 0 Å². The Morgan fingerprint density at radius 3 is 1.33 bits per heavy atom. The van der Waals surface area contributed by atoms with Crippen molar-refractivity contribution in [1.29, 1.82) is 0 Å². The van der Waals surface area contributed by atoms with E-state index in [9.17, 15) is 26.3 Å². The number of hydrogen-bond donors (Lipinski definition) is 3. The van der Waals surface area contributed by atoms with E-state index in [2.05, 4.69) is 71.1 Å². The van der Waals surface area contributed by atoms with Crippen molar-refractivity contribution in [3.8, 4) is 26.7 Å². The molecule has 0 bridgehead atoms. The van der Waals surface area contributed by atoms with Crippen LogP contribution >= 0.6 is 73.1 Å². The first kappa shape index (κ1) is 77.5. The van der Waals surface area contributed by atoms with Gasteiger partial charge in [0.05, 0.1) is 25.3 Å². The molecule has 34 heteroatoms. The number of halogens is 9. The normalized spacial score (nSPS) is 15.6. The minimum absolute atomic E-state index is 0. The first-order valence-corrected chi connectivity index (χ1v) is 32.7. The summed E-state index contributed by atoms with van der Waals surface area (Å²) in [4.78, 5) is 54.8. The summed E-state index contributed by atoms with van der Waals surface area (Å²) < 4.78 is 84.5. The Morgan fingerprint density at radius 1 is 0.553 bits per heavy atom. The standard InChI is InChI=1S/C21H20F2N6S.C16H16ClF2N5S.C11H8BrClN4S.C5H6BNO2.C5H9F2N.2CH4.Na.H2O/c1-14-26-18-4-3-17(15-5-8-24-9-6-15)27-19(18)29(14)20-25-11-16(30-20)12-28-10-2-7-21(22,23)13-28;1-10-21-12-3-4-13(17)22-14(12)24(10)15-20-7-11(25-15)8-23-6-2-5-16(18,19)9-23;1-6-15-8-2-3-9(13)16-10(8)17(6)11-14-5-7(4-12)18-11;8-6(9)5-1-3-7-4-2-5;6-5(7)2-1-3-8-4-5;;;;/h3-6,8-9,11H,2,7,10,12-13H2,1H3;3-4,7H,2,5-6,8-9H2,1H3;2-3,5H,4H2,1H3;1-4,8-9H;8H,1-4H2;2*1H4;;1H2/q;;;;;;;+1;/p-1. The maximum absolute atomic E-state index is 13.7. The largest absolute Gasteiger partial charge is 1.00 e. The smallest absolute Gasteiger partial charge is 0.870 e. The predicted molar refractivity (Wildman–Crippen MR) is 359 cm³/mol. The Balaban J connectivity index is 0.000000198. The summed E-state index contributed by atoms with van der Waals surface area (Å²) in [5, 5.41) is 23.7. The first-order valence-electron chi connectivity index (χ1n) is 28.4. The molecule has 3 aliphatic heterocycles. The predicted octanol–water partition coefficient (Wildman–Crippen LogP) is 10.1. The van der Waals surface area contributed by atoms with Crippen molar-refractivity contribution in [2.24, 2.45) is 0 Å². The van der Waals surface area contributed by atoms with Crippen LogP contribution in [-0.4, -0.2) is 158 Å². The number of rotatable bonds is 10. The fourth-order valence-corrected chi connectivity index (χ4v) is 13.7. The number of imidazole rings is 3. The minimum Gasteiger partial charge on any atom is -0.870 e. The van der Waals surface area contributed by atoms with Gasteiger partial charge in [-0.15, -0.1) is 11.3 Å². The molecule has 20 nitrogen and oxygen atoms in total. The van der Waals surface area contributed by atoms with E-state index in [0.717, 1.165) is 93.3 Å². The number of piperidine rings is 3. The molecule has 11 aromatic rings. The number of thiazole rings is 3. The van der Waals surface area contributed by atoms with E-state index in [1.807, 2.05) is 77.1 Å². The van der Waals surface area contributed by atoms with Crippen LogP contribution in [0.4, 0.5) is 26.3 Å². The third kappa shape index (κ3) is 20.3. The quantitative estimate of drug-likeness (QED) is 0.0499. The van der Waals surface area contributed by atoms with Crippen LogP contribution in [-0.2, 0) is 18.4 Å². The zero-order chi connectivity index (χ0) is 63.7. The molecule has 4 N–H and O–H groups in total.